The van der Waals surface area contributed by atoms with Gasteiger partial charge in [-0.2, -0.15) is 0 Å². The summed E-state index contributed by atoms with van der Waals surface area (Å²) in [5.74, 6) is 1.46. The highest BCUT2D eigenvalue weighted by molar-refractivity contribution is 7.14. The zero-order valence-electron chi connectivity index (χ0n) is 24.9. The number of nitrogens with one attached hydrogen (secondary N) is 1. The number of rotatable bonds is 13. The number of ether oxygens (including phenoxy) is 3. The summed E-state index contributed by atoms with van der Waals surface area (Å²) in [6.45, 7) is 3.99. The molecule has 3 aromatic rings. The number of para-hydroxylation sites is 1. The van der Waals surface area contributed by atoms with Gasteiger partial charge in [0, 0.05) is 43.1 Å². The fourth-order valence-corrected chi connectivity index (χ4v) is 6.59. The van der Waals surface area contributed by atoms with Crippen LogP contribution >= 0.6 is 11.3 Å². The smallest absolute Gasteiger partial charge is 0.336 e. The largest absolute Gasteiger partial charge is 0.497 e. The minimum Gasteiger partial charge on any atom is -0.497 e. The van der Waals surface area contributed by atoms with E-state index in [0.717, 1.165) is 39.6 Å². The first-order valence-corrected chi connectivity index (χ1v) is 15.5. The molecule has 5 rings (SSSR count). The van der Waals surface area contributed by atoms with E-state index >= 15 is 0 Å². The first-order chi connectivity index (χ1) is 21.0. The number of carbonyl (C=O) groups excluding carboxylic acids is 2. The summed E-state index contributed by atoms with van der Waals surface area (Å²) >= 11 is 1.67. The standard InChI is InChI=1S/C35H38N2O5S/c1-4-42-35(39)32-23-37(22-26-7-5-6-8-33(26)41-3)34-30(17-18-43-34)31(32)21-36-20-27(19-24-9-13-28(38)14-10-24)25-11-15-29(40-2)16-12-25/h5-13,15-18,23,27,31,36H,4,14,19-22H2,1-3H3. The van der Waals surface area contributed by atoms with Crippen LogP contribution in [0.15, 0.2) is 95.6 Å². The molecule has 0 fully saturated rings. The van der Waals surface area contributed by atoms with Crippen molar-refractivity contribution in [3.05, 3.63) is 112 Å². The van der Waals surface area contributed by atoms with Crippen LogP contribution in [0.25, 0.3) is 0 Å². The van der Waals surface area contributed by atoms with Gasteiger partial charge in [0.15, 0.2) is 5.78 Å². The number of hydrogen-bond acceptors (Lipinski definition) is 8. The Morgan fingerprint density at radius 2 is 1.88 bits per heavy atom. The predicted molar refractivity (Wildman–Crippen MR) is 171 cm³/mol. The molecule has 0 saturated carbocycles. The van der Waals surface area contributed by atoms with Crippen molar-refractivity contribution in [2.75, 3.05) is 38.8 Å². The molecule has 43 heavy (non-hydrogen) atoms. The zero-order valence-corrected chi connectivity index (χ0v) is 25.7. The van der Waals surface area contributed by atoms with Gasteiger partial charge in [-0.1, -0.05) is 48.1 Å². The second-order valence-corrected chi connectivity index (χ2v) is 11.5. The second-order valence-electron chi connectivity index (χ2n) is 10.6. The SMILES string of the molecule is CCOC(=O)C1=CN(Cc2ccccc2OC)c2sccc2C1CNCC(CC1=CCC(=O)C=C1)c1ccc(OC)cc1. The van der Waals surface area contributed by atoms with E-state index in [2.05, 4.69) is 33.8 Å². The number of nitrogens with zero attached hydrogens (tertiary/aromatic N) is 1. The van der Waals surface area contributed by atoms with E-state index in [-0.39, 0.29) is 23.6 Å². The van der Waals surface area contributed by atoms with Crippen LogP contribution in [0.2, 0.25) is 0 Å². The Balaban J connectivity index is 1.37. The van der Waals surface area contributed by atoms with Gasteiger partial charge in [-0.3, -0.25) is 4.79 Å². The molecule has 0 amide bonds. The number of thiophene rings is 1. The van der Waals surface area contributed by atoms with E-state index < -0.39 is 0 Å². The number of methoxy groups -OCH3 is 2. The third-order valence-corrected chi connectivity index (χ3v) is 8.85. The second kappa shape index (κ2) is 14.4. The van der Waals surface area contributed by atoms with Crippen molar-refractivity contribution in [1.82, 2.24) is 5.32 Å². The molecule has 2 atom stereocenters. The van der Waals surface area contributed by atoms with Gasteiger partial charge in [0.2, 0.25) is 0 Å². The highest BCUT2D eigenvalue weighted by Crippen LogP contribution is 2.43. The monoisotopic (exact) mass is 598 g/mol. The molecule has 0 saturated heterocycles. The lowest BCUT2D eigenvalue weighted by molar-refractivity contribution is -0.138. The maximum Gasteiger partial charge on any atom is 0.336 e. The quantitative estimate of drug-likeness (QED) is 0.224. The van der Waals surface area contributed by atoms with Gasteiger partial charge in [-0.15, -0.1) is 11.3 Å². The van der Waals surface area contributed by atoms with Crippen LogP contribution in [0.4, 0.5) is 5.00 Å². The Labute approximate surface area is 257 Å². The minimum atomic E-state index is -0.301. The van der Waals surface area contributed by atoms with Crippen molar-refractivity contribution in [3.8, 4) is 11.5 Å². The maximum atomic E-state index is 13.3. The fraction of sp³-hybridized carbons (Fsp3) is 0.314. The molecule has 7 nitrogen and oxygen atoms in total. The number of esters is 1. The van der Waals surface area contributed by atoms with Crippen LogP contribution in [0.1, 0.15) is 48.3 Å². The fourth-order valence-electron chi connectivity index (χ4n) is 5.65. The molecule has 0 radical (unpaired) electrons. The normalized spacial score (nSPS) is 16.7. The topological polar surface area (TPSA) is 77.1 Å². The van der Waals surface area contributed by atoms with E-state index in [4.69, 9.17) is 14.2 Å². The number of carbonyl (C=O) groups is 2. The Kier molecular flexibility index (Phi) is 10.1. The molecule has 1 aromatic heterocycles. The van der Waals surface area contributed by atoms with Crippen molar-refractivity contribution < 1.29 is 23.8 Å². The van der Waals surface area contributed by atoms with Crippen LogP contribution in [0, 0.1) is 0 Å². The molecule has 2 aromatic carbocycles. The van der Waals surface area contributed by atoms with Crippen LogP contribution in [-0.2, 0) is 20.9 Å². The molecule has 1 aliphatic carbocycles. The van der Waals surface area contributed by atoms with Gasteiger partial charge in [-0.05, 0) is 60.2 Å². The van der Waals surface area contributed by atoms with E-state index in [0.29, 0.717) is 38.2 Å². The summed E-state index contributed by atoms with van der Waals surface area (Å²) in [5.41, 5.74) is 5.11. The van der Waals surface area contributed by atoms with Crippen LogP contribution in [0.5, 0.6) is 11.5 Å². The number of allylic oxidation sites excluding steroid dienone is 4. The first-order valence-electron chi connectivity index (χ1n) is 14.6. The van der Waals surface area contributed by atoms with Gasteiger partial charge in [-0.25, -0.2) is 4.79 Å². The number of fused-ring (bicyclic) bond motifs is 1. The van der Waals surface area contributed by atoms with Gasteiger partial charge < -0.3 is 24.4 Å². The van der Waals surface area contributed by atoms with Crippen LogP contribution < -0.4 is 19.7 Å². The molecule has 2 heterocycles. The summed E-state index contributed by atoms with van der Waals surface area (Å²) < 4.78 is 16.5. The Hall–Kier alpha value is -4.14. The van der Waals surface area contributed by atoms with E-state index in [1.807, 2.05) is 61.7 Å². The van der Waals surface area contributed by atoms with E-state index in [1.54, 1.807) is 31.6 Å². The third kappa shape index (κ3) is 7.27. The Morgan fingerprint density at radius 3 is 2.60 bits per heavy atom. The minimum absolute atomic E-state index is 0.129. The zero-order chi connectivity index (χ0) is 30.2. The lowest BCUT2D eigenvalue weighted by Gasteiger charge is -2.32. The van der Waals surface area contributed by atoms with E-state index in [9.17, 15) is 9.59 Å². The average molecular weight is 599 g/mol. The van der Waals surface area contributed by atoms with Gasteiger partial charge in [0.25, 0.3) is 0 Å². The van der Waals surface area contributed by atoms with Crippen molar-refractivity contribution in [3.63, 3.8) is 0 Å². The van der Waals surface area contributed by atoms with Gasteiger partial charge >= 0.3 is 5.97 Å². The lowest BCUT2D eigenvalue weighted by Crippen LogP contribution is -2.33. The lowest BCUT2D eigenvalue weighted by atomic mass is 9.88. The molecule has 0 bridgehead atoms. The number of anilines is 1. The summed E-state index contributed by atoms with van der Waals surface area (Å²) in [6, 6.07) is 18.2. The number of ketones is 1. The molecule has 2 unspecified atom stereocenters. The van der Waals surface area contributed by atoms with Crippen LogP contribution in [0.3, 0.4) is 0 Å². The summed E-state index contributed by atoms with van der Waals surface area (Å²) in [6.07, 6.45) is 8.81. The highest BCUT2D eigenvalue weighted by Gasteiger charge is 2.33. The molecule has 1 N–H and O–H groups in total. The number of benzene rings is 2. The van der Waals surface area contributed by atoms with Crippen molar-refractivity contribution in [2.45, 2.75) is 38.1 Å². The number of hydrogen-bond donors (Lipinski definition) is 1. The van der Waals surface area contributed by atoms with Gasteiger partial charge in [0.1, 0.15) is 11.5 Å². The predicted octanol–water partition coefficient (Wildman–Crippen LogP) is 6.54. The first kappa shape index (κ1) is 30.3. The van der Waals surface area contributed by atoms with Crippen LogP contribution in [-0.4, -0.2) is 45.7 Å². The molecule has 224 valence electrons. The molecule has 1 aliphatic heterocycles. The maximum absolute atomic E-state index is 13.3. The summed E-state index contributed by atoms with van der Waals surface area (Å²) in [4.78, 5) is 27.2. The molecule has 8 heteroatoms. The van der Waals surface area contributed by atoms with Crippen molar-refractivity contribution in [1.29, 1.82) is 0 Å². The highest BCUT2D eigenvalue weighted by atomic mass is 32.1. The Bertz CT molecular complexity index is 1520. The summed E-state index contributed by atoms with van der Waals surface area (Å²) in [5, 5.41) is 6.88. The summed E-state index contributed by atoms with van der Waals surface area (Å²) in [7, 11) is 3.34. The third-order valence-electron chi connectivity index (χ3n) is 7.88. The van der Waals surface area contributed by atoms with Crippen molar-refractivity contribution >= 4 is 28.1 Å². The van der Waals surface area contributed by atoms with E-state index in [1.165, 1.54) is 5.56 Å². The molecule has 0 spiro atoms. The van der Waals surface area contributed by atoms with Crippen molar-refractivity contribution in [2.24, 2.45) is 0 Å². The molecular formula is C35H38N2O5S. The average Bonchev–Trinajstić information content (AvgIpc) is 3.53. The molecular weight excluding hydrogens is 560 g/mol. The molecule has 2 aliphatic rings. The van der Waals surface area contributed by atoms with Gasteiger partial charge in [0.05, 0.1) is 37.9 Å². The Morgan fingerprint density at radius 1 is 1.07 bits per heavy atom.